The fraction of sp³-hybridized carbons (Fsp3) is 0.500. The number of nitrogens with zero attached hydrogens (tertiary/aromatic N) is 4. The number of aliphatic imine (C=N–C) groups is 1. The first-order valence-corrected chi connectivity index (χ1v) is 8.90. The van der Waals surface area contributed by atoms with Gasteiger partial charge in [-0.1, -0.05) is 18.2 Å². The molecule has 0 fully saturated rings. The van der Waals surface area contributed by atoms with Crippen molar-refractivity contribution in [3.05, 3.63) is 41.5 Å². The Morgan fingerprint density at radius 1 is 1.24 bits per heavy atom. The number of aromatic nitrogens is 3. The number of methoxy groups -OCH3 is 1. The molecular formula is C18H27F2IN6O2. The second-order valence-electron chi connectivity index (χ2n) is 6.00. The standard InChI is InChI=1S/C18H26F2N6O2.HI/c1-13-24-25-16(26(13)2)12-23-18(21-9-6-10-27-3)22-11-14-7-4-5-8-15(14)28-17(19)20;/h4-5,7-8,17H,6,9-12H2,1-3H3,(H2,21,22,23);1H. The van der Waals surface area contributed by atoms with Crippen LogP contribution >= 0.6 is 24.0 Å². The molecule has 0 spiro atoms. The molecule has 2 aromatic rings. The number of guanidine groups is 1. The first-order valence-electron chi connectivity index (χ1n) is 8.90. The number of benzene rings is 1. The molecular weight excluding hydrogens is 497 g/mol. The van der Waals surface area contributed by atoms with E-state index < -0.39 is 6.61 Å². The average Bonchev–Trinajstić information content (AvgIpc) is 2.99. The molecule has 1 heterocycles. The van der Waals surface area contributed by atoms with E-state index in [1.807, 2.05) is 18.5 Å². The van der Waals surface area contributed by atoms with Crippen LogP contribution in [-0.4, -0.2) is 47.6 Å². The molecule has 11 heteroatoms. The highest BCUT2D eigenvalue weighted by molar-refractivity contribution is 14.0. The van der Waals surface area contributed by atoms with Crippen LogP contribution in [0.4, 0.5) is 8.78 Å². The second-order valence-corrected chi connectivity index (χ2v) is 6.00. The maximum atomic E-state index is 12.6. The molecule has 0 saturated carbocycles. The summed E-state index contributed by atoms with van der Waals surface area (Å²) in [5, 5.41) is 14.5. The van der Waals surface area contributed by atoms with Gasteiger partial charge in [-0.05, 0) is 19.4 Å². The van der Waals surface area contributed by atoms with Gasteiger partial charge in [0.05, 0.1) is 13.1 Å². The fourth-order valence-corrected chi connectivity index (χ4v) is 2.37. The molecule has 0 bridgehead atoms. The van der Waals surface area contributed by atoms with E-state index >= 15 is 0 Å². The summed E-state index contributed by atoms with van der Waals surface area (Å²) in [4.78, 5) is 4.48. The van der Waals surface area contributed by atoms with Crippen LogP contribution < -0.4 is 15.4 Å². The number of hydrogen-bond acceptors (Lipinski definition) is 5. The highest BCUT2D eigenvalue weighted by atomic mass is 127. The normalized spacial score (nSPS) is 11.3. The Morgan fingerprint density at radius 2 is 2.00 bits per heavy atom. The van der Waals surface area contributed by atoms with Crippen molar-refractivity contribution in [2.45, 2.75) is 33.0 Å². The minimum Gasteiger partial charge on any atom is -0.434 e. The quantitative estimate of drug-likeness (QED) is 0.215. The van der Waals surface area contributed by atoms with Crippen LogP contribution in [0, 0.1) is 6.92 Å². The number of hydrogen-bond donors (Lipinski definition) is 2. The molecule has 1 aromatic carbocycles. The summed E-state index contributed by atoms with van der Waals surface area (Å²) in [5.41, 5.74) is 0.565. The molecule has 2 rings (SSSR count). The van der Waals surface area contributed by atoms with Gasteiger partial charge in [0.1, 0.15) is 11.6 Å². The fourth-order valence-electron chi connectivity index (χ4n) is 2.37. The Kier molecular flexibility index (Phi) is 11.4. The number of nitrogens with one attached hydrogen (secondary N) is 2. The summed E-state index contributed by atoms with van der Waals surface area (Å²) >= 11 is 0. The highest BCUT2D eigenvalue weighted by Gasteiger charge is 2.10. The number of rotatable bonds is 10. The summed E-state index contributed by atoms with van der Waals surface area (Å²) in [6.07, 6.45) is 0.797. The zero-order valence-electron chi connectivity index (χ0n) is 16.7. The van der Waals surface area contributed by atoms with Crippen LogP contribution in [0.1, 0.15) is 23.6 Å². The number of alkyl halides is 2. The van der Waals surface area contributed by atoms with E-state index in [0.717, 1.165) is 18.1 Å². The van der Waals surface area contributed by atoms with Crippen molar-refractivity contribution < 1.29 is 18.3 Å². The van der Waals surface area contributed by atoms with E-state index in [1.165, 1.54) is 6.07 Å². The number of aryl methyl sites for hydroxylation is 1. The van der Waals surface area contributed by atoms with Gasteiger partial charge >= 0.3 is 6.61 Å². The van der Waals surface area contributed by atoms with Gasteiger partial charge in [-0.2, -0.15) is 8.78 Å². The van der Waals surface area contributed by atoms with Crippen LogP contribution in [0.25, 0.3) is 0 Å². The van der Waals surface area contributed by atoms with Crippen molar-refractivity contribution >= 4 is 29.9 Å². The third-order valence-electron chi connectivity index (χ3n) is 4.01. The van der Waals surface area contributed by atoms with Crippen LogP contribution in [0.2, 0.25) is 0 Å². The predicted octanol–water partition coefficient (Wildman–Crippen LogP) is 2.61. The molecule has 29 heavy (non-hydrogen) atoms. The maximum absolute atomic E-state index is 12.6. The number of para-hydroxylation sites is 1. The first kappa shape index (κ1) is 25.0. The average molecular weight is 524 g/mol. The zero-order valence-corrected chi connectivity index (χ0v) is 19.0. The SMILES string of the molecule is COCCCNC(=NCc1ccccc1OC(F)F)NCc1nnc(C)n1C.I. The van der Waals surface area contributed by atoms with E-state index in [1.54, 1.807) is 25.3 Å². The molecule has 0 radical (unpaired) electrons. The van der Waals surface area contributed by atoms with Crippen molar-refractivity contribution in [1.82, 2.24) is 25.4 Å². The lowest BCUT2D eigenvalue weighted by Gasteiger charge is -2.13. The van der Waals surface area contributed by atoms with E-state index in [4.69, 9.17) is 4.74 Å². The summed E-state index contributed by atoms with van der Waals surface area (Å²) in [7, 11) is 3.52. The first-order chi connectivity index (χ1) is 13.5. The van der Waals surface area contributed by atoms with E-state index in [2.05, 4.69) is 30.6 Å². The molecule has 0 aliphatic heterocycles. The topological polar surface area (TPSA) is 85.6 Å². The lowest BCUT2D eigenvalue weighted by atomic mass is 10.2. The van der Waals surface area contributed by atoms with Gasteiger partial charge < -0.3 is 24.7 Å². The van der Waals surface area contributed by atoms with Crippen LogP contribution in [0.3, 0.4) is 0 Å². The summed E-state index contributed by atoms with van der Waals surface area (Å²) in [6.45, 7) is 0.854. The third kappa shape index (κ3) is 8.48. The van der Waals surface area contributed by atoms with Gasteiger partial charge in [0.2, 0.25) is 0 Å². The van der Waals surface area contributed by atoms with Crippen LogP contribution in [0.15, 0.2) is 29.3 Å². The molecule has 0 unspecified atom stereocenters. The van der Waals surface area contributed by atoms with Gasteiger partial charge in [0, 0.05) is 32.9 Å². The van der Waals surface area contributed by atoms with Gasteiger partial charge in [-0.15, -0.1) is 34.2 Å². The molecule has 1 aromatic heterocycles. The summed E-state index contributed by atoms with van der Waals surface area (Å²) < 4.78 is 36.6. The van der Waals surface area contributed by atoms with E-state index in [-0.39, 0.29) is 36.3 Å². The Hall–Kier alpha value is -2.02. The Morgan fingerprint density at radius 3 is 2.66 bits per heavy atom. The Balaban J connectivity index is 0.00000420. The predicted molar refractivity (Wildman–Crippen MR) is 117 cm³/mol. The minimum atomic E-state index is -2.88. The van der Waals surface area contributed by atoms with Gasteiger partial charge in [-0.25, -0.2) is 4.99 Å². The van der Waals surface area contributed by atoms with E-state index in [9.17, 15) is 8.78 Å². The molecule has 162 valence electrons. The van der Waals surface area contributed by atoms with Crippen molar-refractivity contribution in [2.75, 3.05) is 20.3 Å². The van der Waals surface area contributed by atoms with Crippen molar-refractivity contribution in [3.8, 4) is 5.75 Å². The molecule has 0 aliphatic carbocycles. The van der Waals surface area contributed by atoms with Crippen molar-refractivity contribution in [2.24, 2.45) is 12.0 Å². The second kappa shape index (κ2) is 13.2. The maximum Gasteiger partial charge on any atom is 0.387 e. The minimum absolute atomic E-state index is 0. The smallest absolute Gasteiger partial charge is 0.387 e. The number of ether oxygens (including phenoxy) is 2. The largest absolute Gasteiger partial charge is 0.434 e. The molecule has 8 nitrogen and oxygen atoms in total. The van der Waals surface area contributed by atoms with Gasteiger partial charge in [0.15, 0.2) is 11.8 Å². The molecule has 0 amide bonds. The molecule has 0 aliphatic rings. The third-order valence-corrected chi connectivity index (χ3v) is 4.01. The van der Waals surface area contributed by atoms with Crippen molar-refractivity contribution in [3.63, 3.8) is 0 Å². The van der Waals surface area contributed by atoms with E-state index in [0.29, 0.717) is 31.2 Å². The number of halogens is 3. The van der Waals surface area contributed by atoms with Gasteiger partial charge in [-0.3, -0.25) is 0 Å². The molecule has 2 N–H and O–H groups in total. The van der Waals surface area contributed by atoms with Crippen LogP contribution in [-0.2, 0) is 24.9 Å². The lowest BCUT2D eigenvalue weighted by Crippen LogP contribution is -2.38. The Bertz CT molecular complexity index is 773. The highest BCUT2D eigenvalue weighted by Crippen LogP contribution is 2.20. The lowest BCUT2D eigenvalue weighted by molar-refractivity contribution is -0.0504. The summed E-state index contributed by atoms with van der Waals surface area (Å²) in [6, 6.07) is 6.60. The monoisotopic (exact) mass is 524 g/mol. The molecule has 0 atom stereocenters. The molecule has 0 saturated heterocycles. The summed E-state index contributed by atoms with van der Waals surface area (Å²) in [5.74, 6) is 2.21. The zero-order chi connectivity index (χ0) is 20.4. The van der Waals surface area contributed by atoms with Crippen molar-refractivity contribution in [1.29, 1.82) is 0 Å². The van der Waals surface area contributed by atoms with Gasteiger partial charge in [0.25, 0.3) is 0 Å². The Labute approximate surface area is 186 Å². The van der Waals surface area contributed by atoms with Crippen LogP contribution in [0.5, 0.6) is 5.75 Å².